The molecule has 0 aliphatic carbocycles. The third-order valence-electron chi connectivity index (χ3n) is 2.96. The molecular formula is C12H25N. The minimum atomic E-state index is 0.566. The largest absolute Gasteiger partial charge is 0.306 e. The molecule has 1 aliphatic rings. The molecule has 0 amide bonds. The molecule has 1 unspecified atom stereocenters. The average Bonchev–Trinajstić information content (AvgIpc) is 2.53. The Bertz CT molecular complexity index is 142. The molecule has 1 fully saturated rings. The highest BCUT2D eigenvalue weighted by Gasteiger charge is 2.33. The molecule has 0 saturated carbocycles. The van der Waals surface area contributed by atoms with Gasteiger partial charge in [-0.15, -0.1) is 6.58 Å². The van der Waals surface area contributed by atoms with Crippen LogP contribution in [0.3, 0.4) is 0 Å². The maximum Gasteiger partial charge on any atom is 0.00383 e. The first kappa shape index (κ1) is 12.7. The summed E-state index contributed by atoms with van der Waals surface area (Å²) in [7, 11) is 2.21. The van der Waals surface area contributed by atoms with Crippen LogP contribution in [0.1, 0.15) is 40.0 Å². The van der Waals surface area contributed by atoms with E-state index in [-0.39, 0.29) is 0 Å². The van der Waals surface area contributed by atoms with Crippen molar-refractivity contribution in [3.05, 3.63) is 12.7 Å². The van der Waals surface area contributed by atoms with Gasteiger partial charge in [-0.25, -0.2) is 0 Å². The van der Waals surface area contributed by atoms with Crippen molar-refractivity contribution in [3.63, 3.8) is 0 Å². The number of hydrogen-bond acceptors (Lipinski definition) is 1. The molecule has 1 nitrogen and oxygen atoms in total. The number of nitrogens with zero attached hydrogens (tertiary/aromatic N) is 1. The highest BCUT2D eigenvalue weighted by atomic mass is 15.1. The van der Waals surface area contributed by atoms with Gasteiger partial charge in [-0.05, 0) is 38.3 Å². The van der Waals surface area contributed by atoms with Gasteiger partial charge in [-0.2, -0.15) is 0 Å². The number of allylic oxidation sites excluding steroid dienone is 1. The van der Waals surface area contributed by atoms with Gasteiger partial charge in [0.05, 0.1) is 0 Å². The Morgan fingerprint density at radius 2 is 2.08 bits per heavy atom. The Hall–Kier alpha value is -0.300. The Morgan fingerprint density at radius 3 is 2.38 bits per heavy atom. The highest BCUT2D eigenvalue weighted by molar-refractivity contribution is 4.92. The van der Waals surface area contributed by atoms with Gasteiger partial charge in [0.1, 0.15) is 0 Å². The van der Waals surface area contributed by atoms with Gasteiger partial charge < -0.3 is 4.90 Å². The molecule has 0 N–H and O–H groups in total. The monoisotopic (exact) mass is 183 g/mol. The first-order valence-corrected chi connectivity index (χ1v) is 5.52. The van der Waals surface area contributed by atoms with Crippen LogP contribution in [0.2, 0.25) is 0 Å². The average molecular weight is 183 g/mol. The fourth-order valence-electron chi connectivity index (χ4n) is 2.06. The molecule has 1 heteroatoms. The van der Waals surface area contributed by atoms with E-state index in [1.165, 1.54) is 32.4 Å². The molecule has 1 aliphatic heterocycles. The van der Waals surface area contributed by atoms with Gasteiger partial charge in [-0.1, -0.05) is 26.8 Å². The van der Waals surface area contributed by atoms with E-state index in [0.29, 0.717) is 5.41 Å². The lowest BCUT2D eigenvalue weighted by molar-refractivity contribution is 0.274. The van der Waals surface area contributed by atoms with Crippen molar-refractivity contribution in [2.24, 2.45) is 5.41 Å². The molecular weight excluding hydrogens is 158 g/mol. The van der Waals surface area contributed by atoms with Crippen molar-refractivity contribution in [1.29, 1.82) is 0 Å². The van der Waals surface area contributed by atoms with Crippen molar-refractivity contribution < 1.29 is 0 Å². The standard InChI is InChI=1S/C10H19N.C2H6/c1-4-6-10(5-2)7-8-11(3)9-10;1-2/h4H,1,5-9H2,2-3H3;1-2H3. The molecule has 13 heavy (non-hydrogen) atoms. The van der Waals surface area contributed by atoms with E-state index in [1.807, 2.05) is 13.8 Å². The Morgan fingerprint density at radius 1 is 1.46 bits per heavy atom. The van der Waals surface area contributed by atoms with Crippen LogP contribution >= 0.6 is 0 Å². The zero-order chi connectivity index (χ0) is 10.3. The van der Waals surface area contributed by atoms with Crippen LogP contribution in [-0.4, -0.2) is 25.0 Å². The van der Waals surface area contributed by atoms with E-state index >= 15 is 0 Å². The smallest absolute Gasteiger partial charge is 0.00383 e. The molecule has 1 rings (SSSR count). The molecule has 1 atom stereocenters. The minimum Gasteiger partial charge on any atom is -0.306 e. The van der Waals surface area contributed by atoms with Crippen LogP contribution in [0.15, 0.2) is 12.7 Å². The normalized spacial score (nSPS) is 28.0. The summed E-state index contributed by atoms with van der Waals surface area (Å²) in [4.78, 5) is 2.42. The zero-order valence-electron chi connectivity index (χ0n) is 9.77. The molecule has 0 aromatic rings. The number of rotatable bonds is 3. The van der Waals surface area contributed by atoms with Gasteiger partial charge in [0.15, 0.2) is 0 Å². The fourth-order valence-corrected chi connectivity index (χ4v) is 2.06. The van der Waals surface area contributed by atoms with Crippen LogP contribution in [-0.2, 0) is 0 Å². The lowest BCUT2D eigenvalue weighted by Gasteiger charge is -2.25. The summed E-state index contributed by atoms with van der Waals surface area (Å²) >= 11 is 0. The van der Waals surface area contributed by atoms with Crippen molar-refractivity contribution in [3.8, 4) is 0 Å². The van der Waals surface area contributed by atoms with E-state index in [1.54, 1.807) is 0 Å². The van der Waals surface area contributed by atoms with E-state index in [0.717, 1.165) is 0 Å². The number of likely N-dealkylation sites (tertiary alicyclic amines) is 1. The molecule has 1 heterocycles. The summed E-state index contributed by atoms with van der Waals surface area (Å²) in [5.41, 5.74) is 0.566. The van der Waals surface area contributed by atoms with Crippen LogP contribution in [0.25, 0.3) is 0 Å². The molecule has 0 bridgehead atoms. The topological polar surface area (TPSA) is 3.24 Å². The second-order valence-corrected chi connectivity index (χ2v) is 3.83. The first-order valence-electron chi connectivity index (χ1n) is 5.52. The van der Waals surface area contributed by atoms with Crippen LogP contribution in [0.5, 0.6) is 0 Å². The van der Waals surface area contributed by atoms with E-state index in [9.17, 15) is 0 Å². The Kier molecular flexibility index (Phi) is 6.06. The Balaban J connectivity index is 0.000000671. The Labute approximate surface area is 83.8 Å². The van der Waals surface area contributed by atoms with Gasteiger partial charge in [0, 0.05) is 6.54 Å². The van der Waals surface area contributed by atoms with Gasteiger partial charge >= 0.3 is 0 Å². The van der Waals surface area contributed by atoms with Crippen LogP contribution in [0.4, 0.5) is 0 Å². The highest BCUT2D eigenvalue weighted by Crippen LogP contribution is 2.36. The predicted octanol–water partition coefficient (Wildman–Crippen LogP) is 3.32. The maximum atomic E-state index is 3.82. The summed E-state index contributed by atoms with van der Waals surface area (Å²) in [5.74, 6) is 0. The predicted molar refractivity (Wildman–Crippen MR) is 61.0 cm³/mol. The van der Waals surface area contributed by atoms with E-state index in [2.05, 4.69) is 31.5 Å². The van der Waals surface area contributed by atoms with Crippen molar-refractivity contribution in [1.82, 2.24) is 4.90 Å². The zero-order valence-corrected chi connectivity index (χ0v) is 9.77. The minimum absolute atomic E-state index is 0.566. The lowest BCUT2D eigenvalue weighted by Crippen LogP contribution is -2.23. The number of hydrogen-bond donors (Lipinski definition) is 0. The molecule has 0 aromatic heterocycles. The summed E-state index contributed by atoms with van der Waals surface area (Å²) in [5, 5.41) is 0. The van der Waals surface area contributed by atoms with Gasteiger partial charge in [0.2, 0.25) is 0 Å². The third kappa shape index (κ3) is 3.51. The molecule has 0 spiro atoms. The molecule has 0 radical (unpaired) electrons. The second-order valence-electron chi connectivity index (χ2n) is 3.83. The summed E-state index contributed by atoms with van der Waals surface area (Å²) in [6.45, 7) is 12.6. The molecule has 0 aromatic carbocycles. The van der Waals surface area contributed by atoms with E-state index < -0.39 is 0 Å². The van der Waals surface area contributed by atoms with E-state index in [4.69, 9.17) is 0 Å². The summed E-state index contributed by atoms with van der Waals surface area (Å²) in [6.07, 6.45) is 5.91. The lowest BCUT2D eigenvalue weighted by atomic mass is 9.81. The van der Waals surface area contributed by atoms with Crippen molar-refractivity contribution in [2.75, 3.05) is 20.1 Å². The molecule has 78 valence electrons. The van der Waals surface area contributed by atoms with Gasteiger partial charge in [-0.3, -0.25) is 0 Å². The molecule has 1 saturated heterocycles. The maximum absolute atomic E-state index is 3.82. The third-order valence-corrected chi connectivity index (χ3v) is 2.96. The van der Waals surface area contributed by atoms with Crippen molar-refractivity contribution in [2.45, 2.75) is 40.0 Å². The van der Waals surface area contributed by atoms with Gasteiger partial charge in [0.25, 0.3) is 0 Å². The quantitative estimate of drug-likeness (QED) is 0.607. The second kappa shape index (κ2) is 6.20. The fraction of sp³-hybridized carbons (Fsp3) is 0.833. The van der Waals surface area contributed by atoms with Crippen LogP contribution < -0.4 is 0 Å². The summed E-state index contributed by atoms with van der Waals surface area (Å²) in [6, 6.07) is 0. The SMILES string of the molecule is C=CCC1(CC)CCN(C)C1.CC. The van der Waals surface area contributed by atoms with Crippen molar-refractivity contribution >= 4 is 0 Å². The summed E-state index contributed by atoms with van der Waals surface area (Å²) < 4.78 is 0. The van der Waals surface area contributed by atoms with Crippen LogP contribution in [0, 0.1) is 5.41 Å². The first-order chi connectivity index (χ1) is 6.22.